The Labute approximate surface area is 224 Å². The van der Waals surface area contributed by atoms with Crippen LogP contribution in [0.2, 0.25) is 0 Å². The van der Waals surface area contributed by atoms with Gasteiger partial charge in [0, 0.05) is 25.2 Å². The summed E-state index contributed by atoms with van der Waals surface area (Å²) in [4.78, 5) is 29.5. The van der Waals surface area contributed by atoms with Crippen molar-refractivity contribution in [2.75, 3.05) is 13.1 Å². The topological polar surface area (TPSA) is 82.1 Å². The summed E-state index contributed by atoms with van der Waals surface area (Å²) in [5.74, 6) is -2.27. The zero-order valence-electron chi connectivity index (χ0n) is 21.5. The summed E-state index contributed by atoms with van der Waals surface area (Å²) in [7, 11) is 0. The van der Waals surface area contributed by atoms with Crippen LogP contribution in [0.1, 0.15) is 62.1 Å². The van der Waals surface area contributed by atoms with Crippen LogP contribution in [0, 0.1) is 23.4 Å². The van der Waals surface area contributed by atoms with Crippen molar-refractivity contribution in [2.45, 2.75) is 74.8 Å². The molecule has 6 rings (SSSR count). The third kappa shape index (κ3) is 5.12. The number of aliphatic hydroxyl groups is 1. The first-order valence-corrected chi connectivity index (χ1v) is 13.7. The Morgan fingerprint density at radius 3 is 2.36 bits per heavy atom. The van der Waals surface area contributed by atoms with E-state index in [9.17, 15) is 27.9 Å². The Morgan fingerprint density at radius 1 is 0.974 bits per heavy atom. The number of benzene rings is 2. The van der Waals surface area contributed by atoms with Gasteiger partial charge in [0.2, 0.25) is 0 Å². The number of likely N-dealkylation sites (tertiary alicyclic amines) is 1. The number of halogens is 3. The summed E-state index contributed by atoms with van der Waals surface area (Å²) in [5.41, 5.74) is 0.0860. The lowest BCUT2D eigenvalue weighted by atomic mass is 9.77. The van der Waals surface area contributed by atoms with Gasteiger partial charge in [-0.05, 0) is 86.3 Å². The van der Waals surface area contributed by atoms with Gasteiger partial charge in [-0.3, -0.25) is 4.90 Å². The van der Waals surface area contributed by atoms with E-state index >= 15 is 0 Å². The first kappa shape index (κ1) is 26.1. The predicted octanol–water partition coefficient (Wildman–Crippen LogP) is 4.99. The zero-order chi connectivity index (χ0) is 27.3. The number of nitrogens with one attached hydrogen (secondary N) is 1. The molecule has 3 atom stereocenters. The molecule has 3 unspecified atom stereocenters. The van der Waals surface area contributed by atoms with Gasteiger partial charge in [-0.15, -0.1) is 0 Å². The summed E-state index contributed by atoms with van der Waals surface area (Å²) < 4.78 is 46.5. The van der Waals surface area contributed by atoms with Crippen LogP contribution in [0.25, 0.3) is 0 Å². The standard InChI is InChI=1S/C29H32F3N3O4/c30-20-6-4-19(5-7-20)29(38)12-9-22(10-13-29)34-14-11-21(16-34)33-27(36)35-25(18-3-8-23(31)24(32)15-18)26(17-1-2-17)39-28(35)37/h3-8,15,17,21-22,25-26,38H,1-2,9-14,16H2,(H,33,36). The van der Waals surface area contributed by atoms with Crippen LogP contribution in [-0.4, -0.2) is 58.3 Å². The quantitative estimate of drug-likeness (QED) is 0.556. The number of hydrogen-bond donors (Lipinski definition) is 2. The Morgan fingerprint density at radius 2 is 1.69 bits per heavy atom. The number of ether oxygens (including phenoxy) is 1. The fraction of sp³-hybridized carbons (Fsp3) is 0.517. The predicted molar refractivity (Wildman–Crippen MR) is 135 cm³/mol. The second-order valence-electron chi connectivity index (χ2n) is 11.4. The molecule has 39 heavy (non-hydrogen) atoms. The number of hydrogen-bond acceptors (Lipinski definition) is 5. The molecule has 4 fully saturated rings. The van der Waals surface area contributed by atoms with E-state index in [4.69, 9.17) is 4.74 Å². The Balaban J connectivity index is 1.09. The minimum absolute atomic E-state index is 0.0895. The maximum Gasteiger partial charge on any atom is 0.419 e. The van der Waals surface area contributed by atoms with Crippen LogP contribution >= 0.6 is 0 Å². The minimum atomic E-state index is -1.04. The Kier molecular flexibility index (Phi) is 6.79. The molecule has 2 aliphatic carbocycles. The lowest BCUT2D eigenvalue weighted by Crippen LogP contribution is -2.48. The smallest absolute Gasteiger partial charge is 0.419 e. The lowest BCUT2D eigenvalue weighted by molar-refractivity contribution is -0.0223. The monoisotopic (exact) mass is 543 g/mol. The molecule has 2 saturated carbocycles. The van der Waals surface area contributed by atoms with Crippen LogP contribution in [0.4, 0.5) is 22.8 Å². The van der Waals surface area contributed by atoms with Crippen molar-refractivity contribution in [3.05, 3.63) is 71.0 Å². The average molecular weight is 544 g/mol. The third-order valence-electron chi connectivity index (χ3n) is 8.84. The number of amides is 3. The van der Waals surface area contributed by atoms with Gasteiger partial charge in [0.05, 0.1) is 5.60 Å². The molecule has 4 aliphatic rings. The molecule has 2 saturated heterocycles. The number of rotatable bonds is 5. The van der Waals surface area contributed by atoms with E-state index in [-0.39, 0.29) is 23.8 Å². The summed E-state index contributed by atoms with van der Waals surface area (Å²) in [6.07, 6.45) is 3.71. The molecule has 0 radical (unpaired) electrons. The van der Waals surface area contributed by atoms with E-state index in [1.54, 1.807) is 12.1 Å². The van der Waals surface area contributed by atoms with Crippen LogP contribution in [0.5, 0.6) is 0 Å². The van der Waals surface area contributed by atoms with Gasteiger partial charge in [-0.2, -0.15) is 0 Å². The van der Waals surface area contributed by atoms with Crippen molar-refractivity contribution >= 4 is 12.1 Å². The van der Waals surface area contributed by atoms with Crippen molar-refractivity contribution in [3.8, 4) is 0 Å². The van der Waals surface area contributed by atoms with Gasteiger partial charge in [-0.25, -0.2) is 27.7 Å². The fourth-order valence-corrected chi connectivity index (χ4v) is 6.50. The van der Waals surface area contributed by atoms with Gasteiger partial charge in [0.1, 0.15) is 18.0 Å². The van der Waals surface area contributed by atoms with E-state index in [2.05, 4.69) is 10.2 Å². The summed E-state index contributed by atoms with van der Waals surface area (Å²) in [5, 5.41) is 14.1. The molecule has 2 aromatic rings. The molecule has 208 valence electrons. The van der Waals surface area contributed by atoms with Gasteiger partial charge in [0.25, 0.3) is 0 Å². The highest BCUT2D eigenvalue weighted by molar-refractivity contribution is 5.93. The Hall–Kier alpha value is -3.11. The SMILES string of the molecule is O=C(NC1CCN(C2CCC(O)(c3ccc(F)cc3)CC2)C1)N1C(=O)OC(C2CC2)C1c1ccc(F)c(F)c1. The molecule has 2 aliphatic heterocycles. The van der Waals surface area contributed by atoms with Crippen LogP contribution in [-0.2, 0) is 10.3 Å². The third-order valence-corrected chi connectivity index (χ3v) is 8.84. The molecular formula is C29H32F3N3O4. The highest BCUT2D eigenvalue weighted by Crippen LogP contribution is 2.46. The molecule has 0 bridgehead atoms. The molecule has 2 N–H and O–H groups in total. The maximum atomic E-state index is 14.1. The first-order valence-electron chi connectivity index (χ1n) is 13.7. The summed E-state index contributed by atoms with van der Waals surface area (Å²) in [6, 6.07) is 8.10. The van der Waals surface area contributed by atoms with Crippen molar-refractivity contribution < 1.29 is 32.6 Å². The summed E-state index contributed by atoms with van der Waals surface area (Å²) in [6.45, 7) is 1.38. The van der Waals surface area contributed by atoms with Gasteiger partial charge >= 0.3 is 12.1 Å². The number of carbonyl (C=O) groups is 2. The molecule has 10 heteroatoms. The van der Waals surface area contributed by atoms with Crippen molar-refractivity contribution in [1.29, 1.82) is 0 Å². The highest BCUT2D eigenvalue weighted by Gasteiger charge is 2.52. The largest absolute Gasteiger partial charge is 0.443 e. The van der Waals surface area contributed by atoms with Crippen molar-refractivity contribution in [1.82, 2.24) is 15.1 Å². The normalized spacial score (nSPS) is 31.4. The van der Waals surface area contributed by atoms with Gasteiger partial charge in [0.15, 0.2) is 11.6 Å². The van der Waals surface area contributed by atoms with E-state index < -0.39 is 41.5 Å². The number of nitrogens with zero attached hydrogens (tertiary/aromatic N) is 2. The average Bonchev–Trinajstić information content (AvgIpc) is 3.56. The number of cyclic esters (lactones) is 1. The molecule has 7 nitrogen and oxygen atoms in total. The van der Waals surface area contributed by atoms with E-state index in [1.807, 2.05) is 0 Å². The molecule has 0 aromatic heterocycles. The van der Waals surface area contributed by atoms with Crippen LogP contribution in [0.3, 0.4) is 0 Å². The number of carbonyl (C=O) groups excluding carboxylic acids is 2. The minimum Gasteiger partial charge on any atom is -0.443 e. The van der Waals surface area contributed by atoms with Crippen LogP contribution in [0.15, 0.2) is 42.5 Å². The molecular weight excluding hydrogens is 511 g/mol. The van der Waals surface area contributed by atoms with Gasteiger partial charge in [-0.1, -0.05) is 18.2 Å². The number of imide groups is 1. The highest BCUT2D eigenvalue weighted by atomic mass is 19.2. The second kappa shape index (κ2) is 10.1. The molecule has 2 heterocycles. The second-order valence-corrected chi connectivity index (χ2v) is 11.4. The molecule has 3 amide bonds. The molecule has 2 aromatic carbocycles. The fourth-order valence-electron chi connectivity index (χ4n) is 6.50. The van der Waals surface area contributed by atoms with E-state index in [1.165, 1.54) is 18.2 Å². The van der Waals surface area contributed by atoms with Crippen LogP contribution < -0.4 is 5.32 Å². The van der Waals surface area contributed by atoms with Gasteiger partial charge < -0.3 is 15.2 Å². The zero-order valence-corrected chi connectivity index (χ0v) is 21.5. The Bertz CT molecular complexity index is 1250. The van der Waals surface area contributed by atoms with Crippen molar-refractivity contribution in [3.63, 3.8) is 0 Å². The maximum absolute atomic E-state index is 14.1. The number of urea groups is 1. The van der Waals surface area contributed by atoms with E-state index in [0.717, 1.165) is 54.8 Å². The first-order chi connectivity index (χ1) is 18.7. The summed E-state index contributed by atoms with van der Waals surface area (Å²) >= 11 is 0. The lowest BCUT2D eigenvalue weighted by Gasteiger charge is -2.40. The molecule has 0 spiro atoms. The van der Waals surface area contributed by atoms with E-state index in [0.29, 0.717) is 31.4 Å². The van der Waals surface area contributed by atoms with Crippen molar-refractivity contribution in [2.24, 2.45) is 5.92 Å².